The molecule has 10 nitrogen and oxygen atoms in total. The molecule has 0 saturated carbocycles. The van der Waals surface area contributed by atoms with Gasteiger partial charge in [-0.1, -0.05) is 54.6 Å². The van der Waals surface area contributed by atoms with Crippen LogP contribution < -0.4 is 20.5 Å². The first-order valence-electron chi connectivity index (χ1n) is 10.7. The number of hydrogen-bond donors (Lipinski definition) is 5. The molecule has 3 rings (SSSR count). The van der Waals surface area contributed by atoms with Gasteiger partial charge in [0.1, 0.15) is 16.5 Å². The highest BCUT2D eigenvalue weighted by molar-refractivity contribution is 7.89. The van der Waals surface area contributed by atoms with Crippen LogP contribution in [-0.2, 0) is 26.0 Å². The molecule has 3 aromatic carbocycles. The zero-order valence-corrected chi connectivity index (χ0v) is 20.4. The third-order valence-electron chi connectivity index (χ3n) is 5.34. The number of carboxylic acid groups (broad SMARTS) is 1. The van der Waals surface area contributed by atoms with Gasteiger partial charge in [-0.15, -0.1) is 0 Å². The lowest BCUT2D eigenvalue weighted by Gasteiger charge is -2.27. The average molecular weight is 511 g/mol. The fourth-order valence-corrected chi connectivity index (χ4v) is 5.05. The lowest BCUT2D eigenvalue weighted by Crippen LogP contribution is -2.63. The summed E-state index contributed by atoms with van der Waals surface area (Å²) < 4.78 is 32.9. The highest BCUT2D eigenvalue weighted by Crippen LogP contribution is 2.26. The minimum absolute atomic E-state index is 0.0133. The topological polar surface area (TPSA) is 172 Å². The number of amidine groups is 1. The van der Waals surface area contributed by atoms with E-state index in [1.54, 1.807) is 24.3 Å². The van der Waals surface area contributed by atoms with E-state index in [4.69, 9.17) is 15.9 Å². The summed E-state index contributed by atoms with van der Waals surface area (Å²) in [7, 11) is -3.11. The van der Waals surface area contributed by atoms with Crippen LogP contribution in [0.4, 0.5) is 0 Å². The zero-order valence-electron chi connectivity index (χ0n) is 19.6. The summed E-state index contributed by atoms with van der Waals surface area (Å²) in [6.07, 6.45) is -0.283. The Hall–Kier alpha value is -4.22. The first kappa shape index (κ1) is 26.4. The highest BCUT2D eigenvalue weighted by atomic mass is 32.2. The first-order valence-corrected chi connectivity index (χ1v) is 12.2. The maximum absolute atomic E-state index is 12.9. The van der Waals surface area contributed by atoms with Crippen molar-refractivity contribution in [3.8, 4) is 16.9 Å². The van der Waals surface area contributed by atoms with Gasteiger partial charge in [0, 0.05) is 5.56 Å². The van der Waals surface area contributed by atoms with Gasteiger partial charge in [0.25, 0.3) is 0 Å². The van der Waals surface area contributed by atoms with Crippen molar-refractivity contribution in [1.82, 2.24) is 10.0 Å². The third kappa shape index (κ3) is 5.88. The summed E-state index contributed by atoms with van der Waals surface area (Å²) >= 11 is 0. The molecule has 0 heterocycles. The van der Waals surface area contributed by atoms with Gasteiger partial charge in [-0.2, -0.15) is 4.72 Å². The van der Waals surface area contributed by atoms with E-state index in [9.17, 15) is 23.1 Å². The molecule has 0 saturated heterocycles. The number of aliphatic carboxylic acids is 1. The third-order valence-corrected chi connectivity index (χ3v) is 6.93. The van der Waals surface area contributed by atoms with Crippen molar-refractivity contribution in [3.63, 3.8) is 0 Å². The van der Waals surface area contributed by atoms with Gasteiger partial charge in [0.05, 0.1) is 13.5 Å². The van der Waals surface area contributed by atoms with E-state index in [-0.39, 0.29) is 22.9 Å². The molecule has 0 bridgehead atoms. The number of amides is 1. The Bertz CT molecular complexity index is 1410. The molecule has 0 aromatic heterocycles. The van der Waals surface area contributed by atoms with E-state index in [1.807, 2.05) is 35.1 Å². The van der Waals surface area contributed by atoms with E-state index in [0.717, 1.165) is 12.5 Å². The van der Waals surface area contributed by atoms with Crippen molar-refractivity contribution in [1.29, 1.82) is 5.41 Å². The summed E-state index contributed by atoms with van der Waals surface area (Å²) in [5.74, 6) is -2.56. The normalized spacial score (nSPS) is 12.8. The fraction of sp³-hybridized carbons (Fsp3) is 0.160. The summed E-state index contributed by atoms with van der Waals surface area (Å²) in [5, 5.41) is 19.9. The number of rotatable bonds is 10. The lowest BCUT2D eigenvalue weighted by atomic mass is 9.96. The molecule has 11 heteroatoms. The number of sulfonamides is 1. The molecule has 3 aromatic rings. The Morgan fingerprint density at radius 2 is 1.69 bits per heavy atom. The second kappa shape index (κ2) is 10.6. The molecule has 0 aliphatic carbocycles. The molecule has 1 amide bonds. The van der Waals surface area contributed by atoms with E-state index in [1.165, 1.54) is 25.3 Å². The van der Waals surface area contributed by atoms with E-state index in [2.05, 4.69) is 5.32 Å². The molecule has 1 atom stereocenters. The van der Waals surface area contributed by atoms with Crippen molar-refractivity contribution < 1.29 is 27.9 Å². The van der Waals surface area contributed by atoms with Gasteiger partial charge < -0.3 is 20.9 Å². The van der Waals surface area contributed by atoms with Crippen LogP contribution in [0.1, 0.15) is 18.1 Å². The van der Waals surface area contributed by atoms with E-state index in [0.29, 0.717) is 16.7 Å². The molecule has 0 aliphatic heterocycles. The zero-order chi connectivity index (χ0) is 26.5. The number of carbonyl (C=O) groups is 2. The standard InChI is InChI=1S/C25H26N4O6S/c1-25(24(31)32,29-36(33,34)21-11-7-6-10-20(21)35-2)28-22(30)15-16-12-13-18(19(14-16)23(26)27)17-8-4-3-5-9-17/h3-14,29H,15H2,1-2H3,(H3,26,27)(H,28,30)(H,31,32). The minimum atomic E-state index is -4.39. The number of hydrogen-bond acceptors (Lipinski definition) is 6. The Balaban J connectivity index is 1.84. The summed E-state index contributed by atoms with van der Waals surface area (Å²) in [6, 6.07) is 19.9. The highest BCUT2D eigenvalue weighted by Gasteiger charge is 2.40. The number of para-hydroxylation sites is 1. The molecule has 188 valence electrons. The Kier molecular flexibility index (Phi) is 7.76. The number of carboxylic acids is 1. The van der Waals surface area contributed by atoms with Gasteiger partial charge >= 0.3 is 5.97 Å². The largest absolute Gasteiger partial charge is 0.495 e. The predicted octanol–water partition coefficient (Wildman–Crippen LogP) is 2.08. The summed E-state index contributed by atoms with van der Waals surface area (Å²) in [4.78, 5) is 24.5. The second-order valence-corrected chi connectivity index (χ2v) is 9.72. The first-order chi connectivity index (χ1) is 17.0. The van der Waals surface area contributed by atoms with E-state index < -0.39 is 27.6 Å². The Morgan fingerprint density at radius 3 is 2.31 bits per heavy atom. The molecule has 36 heavy (non-hydrogen) atoms. The number of nitrogens with two attached hydrogens (primary N) is 1. The van der Waals surface area contributed by atoms with Gasteiger partial charge in [-0.05, 0) is 41.8 Å². The van der Waals surface area contributed by atoms with E-state index >= 15 is 0 Å². The fourth-order valence-electron chi connectivity index (χ4n) is 3.59. The molecule has 1 unspecified atom stereocenters. The van der Waals surface area contributed by atoms with Crippen LogP contribution in [0.5, 0.6) is 5.75 Å². The number of benzene rings is 3. The molecule has 0 radical (unpaired) electrons. The lowest BCUT2D eigenvalue weighted by molar-refractivity contribution is -0.147. The quantitative estimate of drug-likeness (QED) is 0.158. The van der Waals surface area contributed by atoms with Crippen LogP contribution >= 0.6 is 0 Å². The van der Waals surface area contributed by atoms with Crippen molar-refractivity contribution >= 4 is 27.7 Å². The number of methoxy groups -OCH3 is 1. The van der Waals surface area contributed by atoms with Gasteiger partial charge in [-0.25, -0.2) is 13.2 Å². The van der Waals surface area contributed by atoms with Crippen LogP contribution in [0.25, 0.3) is 11.1 Å². The monoisotopic (exact) mass is 510 g/mol. The van der Waals surface area contributed by atoms with Gasteiger partial charge in [-0.3, -0.25) is 10.2 Å². The van der Waals surface area contributed by atoms with Crippen LogP contribution in [-0.4, -0.2) is 44.0 Å². The molecular weight excluding hydrogens is 484 g/mol. The van der Waals surface area contributed by atoms with Gasteiger partial charge in [0.15, 0.2) is 0 Å². The van der Waals surface area contributed by atoms with Crippen LogP contribution in [0, 0.1) is 5.41 Å². The number of nitrogen functional groups attached to an aromatic ring is 1. The van der Waals surface area contributed by atoms with Crippen LogP contribution in [0.2, 0.25) is 0 Å². The SMILES string of the molecule is COc1ccccc1S(=O)(=O)NC(C)(NC(=O)Cc1ccc(-c2ccccc2)c(C(=N)N)c1)C(=O)O. The maximum atomic E-state index is 12.9. The van der Waals surface area contributed by atoms with Crippen LogP contribution in [0.3, 0.4) is 0 Å². The second-order valence-electron chi connectivity index (χ2n) is 8.07. The Labute approximate surface area is 208 Å². The predicted molar refractivity (Wildman–Crippen MR) is 134 cm³/mol. The number of nitrogens with one attached hydrogen (secondary N) is 3. The van der Waals surface area contributed by atoms with Crippen molar-refractivity contribution in [2.75, 3.05) is 7.11 Å². The minimum Gasteiger partial charge on any atom is -0.495 e. The molecular formula is C25H26N4O6S. The summed E-state index contributed by atoms with van der Waals surface area (Å²) in [6.45, 7) is 1.03. The summed E-state index contributed by atoms with van der Waals surface area (Å²) in [5.41, 5.74) is 5.80. The molecule has 0 fully saturated rings. The average Bonchev–Trinajstić information content (AvgIpc) is 2.83. The van der Waals surface area contributed by atoms with Crippen molar-refractivity contribution in [3.05, 3.63) is 83.9 Å². The van der Waals surface area contributed by atoms with Crippen molar-refractivity contribution in [2.24, 2.45) is 5.73 Å². The molecule has 6 N–H and O–H groups in total. The number of carbonyl (C=O) groups excluding carboxylic acids is 1. The maximum Gasteiger partial charge on any atom is 0.345 e. The molecule has 0 aliphatic rings. The number of ether oxygens (including phenoxy) is 1. The van der Waals surface area contributed by atoms with Crippen molar-refractivity contribution in [2.45, 2.75) is 23.9 Å². The smallest absolute Gasteiger partial charge is 0.345 e. The van der Waals surface area contributed by atoms with Gasteiger partial charge in [0.2, 0.25) is 21.6 Å². The van der Waals surface area contributed by atoms with Crippen LogP contribution in [0.15, 0.2) is 77.7 Å². The Morgan fingerprint density at radius 1 is 1.06 bits per heavy atom. The molecule has 0 spiro atoms.